The molecule has 0 amide bonds. The minimum atomic E-state index is -0.693. The van der Waals surface area contributed by atoms with E-state index in [9.17, 15) is 4.79 Å². The molecule has 0 radical (unpaired) electrons. The van der Waals surface area contributed by atoms with Crippen molar-refractivity contribution >= 4 is 5.97 Å². The minimum Gasteiger partial charge on any atom is -0.481 e. The van der Waals surface area contributed by atoms with Gasteiger partial charge in [-0.15, -0.1) is 0 Å². The Morgan fingerprint density at radius 1 is 0.750 bits per heavy atom. The van der Waals surface area contributed by atoms with Crippen LogP contribution in [-0.2, 0) is 4.79 Å². The van der Waals surface area contributed by atoms with Crippen LogP contribution in [0.5, 0.6) is 0 Å². The summed E-state index contributed by atoms with van der Waals surface area (Å²) in [5.74, 6) is -0.693. The van der Waals surface area contributed by atoms with E-state index in [-0.39, 0.29) is 0 Å². The highest BCUT2D eigenvalue weighted by Gasteiger charge is 2.01. The van der Waals surface area contributed by atoms with Gasteiger partial charge >= 0.3 is 5.97 Å². The summed E-state index contributed by atoms with van der Waals surface area (Å²) < 4.78 is 0. The molecule has 122 valence electrons. The highest BCUT2D eigenvalue weighted by molar-refractivity contribution is 5.66. The molecule has 0 atom stereocenters. The summed E-state index contributed by atoms with van der Waals surface area (Å²) >= 11 is 0. The Hall–Kier alpha value is -0.570. The minimum absolute atomic E-state index is 0.316. The molecule has 0 heterocycles. The Morgan fingerprint density at radius 2 is 1.10 bits per heavy atom. The van der Waals surface area contributed by atoms with Crippen molar-refractivity contribution in [3.63, 3.8) is 0 Å². The van der Waals surface area contributed by atoms with Crippen molar-refractivity contribution in [2.75, 3.05) is 19.6 Å². The lowest BCUT2D eigenvalue weighted by atomic mass is 10.2. The molecule has 0 aliphatic rings. The van der Waals surface area contributed by atoms with Crippen molar-refractivity contribution in [1.29, 1.82) is 0 Å². The third kappa shape index (κ3) is 19.8. The van der Waals surface area contributed by atoms with Crippen LogP contribution in [0.3, 0.4) is 0 Å². The van der Waals surface area contributed by atoms with E-state index in [4.69, 9.17) is 5.11 Å². The van der Waals surface area contributed by atoms with Gasteiger partial charge in [-0.25, -0.2) is 0 Å². The molecule has 0 aliphatic heterocycles. The van der Waals surface area contributed by atoms with Crippen LogP contribution < -0.4 is 0 Å². The average molecular weight is 287 g/mol. The molecule has 0 unspecified atom stereocenters. The number of carboxylic acid groups (broad SMARTS) is 1. The molecule has 0 bridgehead atoms. The zero-order valence-electron chi connectivity index (χ0n) is 14.3. The summed E-state index contributed by atoms with van der Waals surface area (Å²) in [6, 6.07) is 0. The number of hydrogen-bond acceptors (Lipinski definition) is 2. The first-order chi connectivity index (χ1) is 9.62. The molecule has 3 heteroatoms. The van der Waals surface area contributed by atoms with Gasteiger partial charge in [0.2, 0.25) is 0 Å². The Balaban J connectivity index is 0. The van der Waals surface area contributed by atoms with E-state index >= 15 is 0 Å². The summed E-state index contributed by atoms with van der Waals surface area (Å²) in [5.41, 5.74) is 0. The Kier molecular flexibility index (Phi) is 20.0. The standard InChI is InChI=1S/C12H27N.C5H10O2/c1-4-7-10-13(11-8-5-2)12-9-6-3;1-2-3-4-5(6)7/h4-12H2,1-3H3;2-4H2,1H3,(H,6,7). The van der Waals surface area contributed by atoms with Gasteiger partial charge in [0.25, 0.3) is 0 Å². The maximum absolute atomic E-state index is 9.76. The van der Waals surface area contributed by atoms with E-state index in [0.29, 0.717) is 6.42 Å². The number of hydrogen-bond donors (Lipinski definition) is 1. The summed E-state index contributed by atoms with van der Waals surface area (Å²) in [6.07, 6.45) is 10.2. The van der Waals surface area contributed by atoms with Crippen LogP contribution in [0.2, 0.25) is 0 Å². The van der Waals surface area contributed by atoms with Gasteiger partial charge in [0, 0.05) is 6.42 Å². The fourth-order valence-corrected chi connectivity index (χ4v) is 1.81. The van der Waals surface area contributed by atoms with E-state index in [1.807, 2.05) is 6.92 Å². The van der Waals surface area contributed by atoms with Gasteiger partial charge in [-0.2, -0.15) is 0 Å². The summed E-state index contributed by atoms with van der Waals surface area (Å²) in [5, 5.41) is 8.04. The molecule has 20 heavy (non-hydrogen) atoms. The highest BCUT2D eigenvalue weighted by atomic mass is 16.4. The Labute approximate surface area is 126 Å². The largest absolute Gasteiger partial charge is 0.481 e. The number of carboxylic acids is 1. The molecule has 0 rings (SSSR count). The summed E-state index contributed by atoms with van der Waals surface area (Å²) in [6.45, 7) is 12.7. The van der Waals surface area contributed by atoms with Crippen molar-refractivity contribution in [2.24, 2.45) is 0 Å². The van der Waals surface area contributed by atoms with E-state index in [2.05, 4.69) is 25.7 Å². The molecule has 0 saturated heterocycles. The molecular weight excluding hydrogens is 250 g/mol. The van der Waals surface area contributed by atoms with Gasteiger partial charge in [-0.05, 0) is 45.3 Å². The number of rotatable bonds is 12. The average Bonchev–Trinajstić information content (AvgIpc) is 2.45. The van der Waals surface area contributed by atoms with Crippen LogP contribution in [0.4, 0.5) is 0 Å². The molecule has 0 aromatic heterocycles. The van der Waals surface area contributed by atoms with Crippen molar-refractivity contribution in [1.82, 2.24) is 4.90 Å². The van der Waals surface area contributed by atoms with Crippen molar-refractivity contribution in [3.05, 3.63) is 0 Å². The second-order valence-corrected chi connectivity index (χ2v) is 5.40. The summed E-state index contributed by atoms with van der Waals surface area (Å²) in [4.78, 5) is 12.4. The second-order valence-electron chi connectivity index (χ2n) is 5.40. The number of unbranched alkanes of at least 4 members (excludes halogenated alkanes) is 4. The quantitative estimate of drug-likeness (QED) is 0.552. The summed E-state index contributed by atoms with van der Waals surface area (Å²) in [7, 11) is 0. The third-order valence-corrected chi connectivity index (χ3v) is 3.23. The Morgan fingerprint density at radius 3 is 1.30 bits per heavy atom. The van der Waals surface area contributed by atoms with Crippen molar-refractivity contribution in [2.45, 2.75) is 85.5 Å². The number of nitrogens with zero attached hydrogens (tertiary/aromatic N) is 1. The predicted octanol–water partition coefficient (Wildman–Crippen LogP) is 4.95. The van der Waals surface area contributed by atoms with Gasteiger partial charge in [-0.3, -0.25) is 4.79 Å². The third-order valence-electron chi connectivity index (χ3n) is 3.23. The molecule has 0 aromatic carbocycles. The number of carbonyl (C=O) groups is 1. The fourth-order valence-electron chi connectivity index (χ4n) is 1.81. The lowest BCUT2D eigenvalue weighted by Gasteiger charge is -2.21. The number of aliphatic carboxylic acids is 1. The fraction of sp³-hybridized carbons (Fsp3) is 0.941. The smallest absolute Gasteiger partial charge is 0.303 e. The lowest BCUT2D eigenvalue weighted by molar-refractivity contribution is -0.137. The predicted molar refractivity (Wildman–Crippen MR) is 88.3 cm³/mol. The van der Waals surface area contributed by atoms with Gasteiger partial charge in [0.1, 0.15) is 0 Å². The first-order valence-corrected chi connectivity index (χ1v) is 8.56. The molecule has 1 N–H and O–H groups in total. The van der Waals surface area contributed by atoms with Crippen LogP contribution in [0.25, 0.3) is 0 Å². The SMILES string of the molecule is CCCCC(=O)O.CCCCN(CCCC)CCCC. The maximum atomic E-state index is 9.76. The lowest BCUT2D eigenvalue weighted by Crippen LogP contribution is -2.27. The normalized spacial score (nSPS) is 10.2. The van der Waals surface area contributed by atoms with Gasteiger partial charge in [-0.1, -0.05) is 53.4 Å². The molecule has 0 spiro atoms. The van der Waals surface area contributed by atoms with Gasteiger partial charge in [0.15, 0.2) is 0 Å². The van der Waals surface area contributed by atoms with Crippen LogP contribution in [0.1, 0.15) is 85.5 Å². The monoisotopic (exact) mass is 287 g/mol. The Bertz CT molecular complexity index is 176. The first kappa shape index (κ1) is 21.7. The van der Waals surface area contributed by atoms with Gasteiger partial charge < -0.3 is 10.0 Å². The van der Waals surface area contributed by atoms with Crippen molar-refractivity contribution < 1.29 is 9.90 Å². The van der Waals surface area contributed by atoms with Crippen LogP contribution in [-0.4, -0.2) is 35.6 Å². The topological polar surface area (TPSA) is 40.5 Å². The maximum Gasteiger partial charge on any atom is 0.303 e. The second kappa shape index (κ2) is 18.4. The van der Waals surface area contributed by atoms with Crippen LogP contribution in [0.15, 0.2) is 0 Å². The van der Waals surface area contributed by atoms with E-state index in [0.717, 1.165) is 12.8 Å². The van der Waals surface area contributed by atoms with E-state index in [1.54, 1.807) is 0 Å². The first-order valence-electron chi connectivity index (χ1n) is 8.56. The molecular formula is C17H37NO2. The highest BCUT2D eigenvalue weighted by Crippen LogP contribution is 2.01. The molecule has 0 fully saturated rings. The zero-order valence-corrected chi connectivity index (χ0v) is 14.3. The van der Waals surface area contributed by atoms with E-state index in [1.165, 1.54) is 58.2 Å². The van der Waals surface area contributed by atoms with E-state index < -0.39 is 5.97 Å². The van der Waals surface area contributed by atoms with Gasteiger partial charge in [0.05, 0.1) is 0 Å². The van der Waals surface area contributed by atoms with Crippen LogP contribution >= 0.6 is 0 Å². The van der Waals surface area contributed by atoms with Crippen molar-refractivity contribution in [3.8, 4) is 0 Å². The molecule has 0 aliphatic carbocycles. The zero-order chi connectivity index (χ0) is 15.6. The molecule has 0 aromatic rings. The van der Waals surface area contributed by atoms with Crippen LogP contribution in [0, 0.1) is 0 Å². The molecule has 3 nitrogen and oxygen atoms in total. The molecule has 0 saturated carbocycles.